The molecule has 3 heterocycles. The first kappa shape index (κ1) is 21.5. The number of pyridine rings is 1. The number of aliphatic hydroxyl groups is 1. The zero-order chi connectivity index (χ0) is 22.1. The maximum atomic E-state index is 15.1. The molecule has 3 N–H and O–H groups in total. The van der Waals surface area contributed by atoms with Crippen molar-refractivity contribution in [3.63, 3.8) is 0 Å². The number of rotatable bonds is 7. The molecule has 9 nitrogen and oxygen atoms in total. The molecular formula is C18H17F2N3O6S. The standard InChI is InChI=1S/C18H17F2N3O6S/c1-10(24)13-4-5-14(29-13)30(27,28)23-9-11(6-8-22-18(25)26)15(19)16(23)12-3-2-7-21-17(12)20/h2-5,7,9-10,22,24H,6,8H2,1H3,(H,25,26). The average Bonchev–Trinajstić information content (AvgIpc) is 3.29. The van der Waals surface area contributed by atoms with Crippen molar-refractivity contribution in [1.82, 2.24) is 14.3 Å². The first-order valence-corrected chi connectivity index (χ1v) is 10.1. The van der Waals surface area contributed by atoms with Gasteiger partial charge in [0.1, 0.15) is 17.6 Å². The van der Waals surface area contributed by atoms with Crippen molar-refractivity contribution in [2.45, 2.75) is 24.5 Å². The highest BCUT2D eigenvalue weighted by Crippen LogP contribution is 2.32. The smallest absolute Gasteiger partial charge is 0.404 e. The monoisotopic (exact) mass is 441 g/mol. The Labute approximate surface area is 169 Å². The van der Waals surface area contributed by atoms with Gasteiger partial charge in [-0.2, -0.15) is 12.8 Å². The maximum Gasteiger partial charge on any atom is 0.404 e. The number of furan rings is 1. The molecule has 0 saturated carbocycles. The number of carboxylic acid groups (broad SMARTS) is 1. The summed E-state index contributed by atoms with van der Waals surface area (Å²) in [5.74, 6) is -2.16. The summed E-state index contributed by atoms with van der Waals surface area (Å²) >= 11 is 0. The van der Waals surface area contributed by atoms with Gasteiger partial charge in [-0.1, -0.05) is 0 Å². The molecule has 1 atom stereocenters. The van der Waals surface area contributed by atoms with E-state index in [0.717, 1.165) is 24.5 Å². The molecule has 12 heteroatoms. The number of hydrogen-bond donors (Lipinski definition) is 3. The van der Waals surface area contributed by atoms with E-state index >= 15 is 4.39 Å². The van der Waals surface area contributed by atoms with Gasteiger partial charge < -0.3 is 19.9 Å². The molecule has 3 aromatic rings. The van der Waals surface area contributed by atoms with Crippen LogP contribution < -0.4 is 5.32 Å². The molecule has 0 spiro atoms. The third-order valence-corrected chi connectivity index (χ3v) is 5.73. The minimum absolute atomic E-state index is 0.0267. The van der Waals surface area contributed by atoms with Gasteiger partial charge in [0.2, 0.25) is 11.0 Å². The Morgan fingerprint density at radius 3 is 2.67 bits per heavy atom. The average molecular weight is 441 g/mol. The predicted molar refractivity (Wildman–Crippen MR) is 99.2 cm³/mol. The highest BCUT2D eigenvalue weighted by Gasteiger charge is 2.30. The Morgan fingerprint density at radius 2 is 2.07 bits per heavy atom. The van der Waals surface area contributed by atoms with Crippen molar-refractivity contribution in [2.24, 2.45) is 0 Å². The zero-order valence-electron chi connectivity index (χ0n) is 15.5. The van der Waals surface area contributed by atoms with Crippen molar-refractivity contribution in [2.75, 3.05) is 6.54 Å². The molecule has 0 fully saturated rings. The minimum Gasteiger partial charge on any atom is -0.465 e. The molecule has 0 radical (unpaired) electrons. The van der Waals surface area contributed by atoms with Gasteiger partial charge in [-0.25, -0.2) is 18.1 Å². The number of nitrogens with zero attached hydrogens (tertiary/aromatic N) is 2. The number of halogens is 2. The van der Waals surface area contributed by atoms with Crippen LogP contribution >= 0.6 is 0 Å². The van der Waals surface area contributed by atoms with Crippen LogP contribution in [-0.4, -0.2) is 40.2 Å². The molecule has 1 amide bonds. The number of nitrogens with one attached hydrogen (secondary N) is 1. The van der Waals surface area contributed by atoms with Gasteiger partial charge in [0.15, 0.2) is 5.82 Å². The minimum atomic E-state index is -4.52. The lowest BCUT2D eigenvalue weighted by atomic mass is 10.1. The lowest BCUT2D eigenvalue weighted by Gasteiger charge is -2.09. The Morgan fingerprint density at radius 1 is 1.33 bits per heavy atom. The molecule has 0 saturated heterocycles. The van der Waals surface area contributed by atoms with Gasteiger partial charge in [-0.15, -0.1) is 0 Å². The summed E-state index contributed by atoms with van der Waals surface area (Å²) in [6.45, 7) is 1.17. The summed E-state index contributed by atoms with van der Waals surface area (Å²) < 4.78 is 61.3. The fraction of sp³-hybridized carbons (Fsp3) is 0.222. The van der Waals surface area contributed by atoms with E-state index in [1.54, 1.807) is 0 Å². The molecule has 160 valence electrons. The van der Waals surface area contributed by atoms with Crippen LogP contribution in [-0.2, 0) is 16.4 Å². The predicted octanol–water partition coefficient (Wildman–Crippen LogP) is 2.52. The summed E-state index contributed by atoms with van der Waals surface area (Å²) in [7, 11) is -4.52. The van der Waals surface area contributed by atoms with Crippen molar-refractivity contribution >= 4 is 16.1 Å². The van der Waals surface area contributed by atoms with E-state index in [0.29, 0.717) is 3.97 Å². The Kier molecular flexibility index (Phi) is 5.89. The second-order valence-electron chi connectivity index (χ2n) is 6.27. The number of aliphatic hydroxyl groups excluding tert-OH is 1. The number of amides is 1. The second-order valence-corrected chi connectivity index (χ2v) is 8.02. The van der Waals surface area contributed by atoms with E-state index in [1.165, 1.54) is 19.1 Å². The van der Waals surface area contributed by atoms with E-state index in [2.05, 4.69) is 4.98 Å². The zero-order valence-corrected chi connectivity index (χ0v) is 16.4. The first-order chi connectivity index (χ1) is 14.1. The Balaban J connectivity index is 2.16. The largest absolute Gasteiger partial charge is 0.465 e. The fourth-order valence-electron chi connectivity index (χ4n) is 2.77. The molecule has 0 aliphatic heterocycles. The lowest BCUT2D eigenvalue weighted by Crippen LogP contribution is -2.23. The van der Waals surface area contributed by atoms with Crippen LogP contribution in [0.4, 0.5) is 13.6 Å². The van der Waals surface area contributed by atoms with Crippen LogP contribution in [0.3, 0.4) is 0 Å². The molecule has 30 heavy (non-hydrogen) atoms. The van der Waals surface area contributed by atoms with Crippen molar-refractivity contribution in [3.8, 4) is 11.3 Å². The van der Waals surface area contributed by atoms with E-state index in [4.69, 9.17) is 9.52 Å². The van der Waals surface area contributed by atoms with E-state index in [-0.39, 0.29) is 24.3 Å². The normalized spacial score (nSPS) is 12.7. The summed E-state index contributed by atoms with van der Waals surface area (Å²) in [6, 6.07) is 4.81. The van der Waals surface area contributed by atoms with Gasteiger partial charge in [-0.3, -0.25) is 0 Å². The van der Waals surface area contributed by atoms with Crippen LogP contribution in [0.15, 0.2) is 46.2 Å². The first-order valence-electron chi connectivity index (χ1n) is 8.63. The third-order valence-electron chi connectivity index (χ3n) is 4.20. The summed E-state index contributed by atoms with van der Waals surface area (Å²) in [5, 5.41) is 19.7. The fourth-order valence-corrected chi connectivity index (χ4v) is 4.09. The number of carbonyl (C=O) groups is 1. The van der Waals surface area contributed by atoms with Gasteiger partial charge in [0, 0.05) is 24.5 Å². The van der Waals surface area contributed by atoms with E-state index in [1.807, 2.05) is 5.32 Å². The van der Waals surface area contributed by atoms with E-state index < -0.39 is 50.3 Å². The van der Waals surface area contributed by atoms with Crippen molar-refractivity contribution < 1.29 is 36.6 Å². The van der Waals surface area contributed by atoms with Gasteiger partial charge >= 0.3 is 16.1 Å². The van der Waals surface area contributed by atoms with Crippen molar-refractivity contribution in [3.05, 3.63) is 59.7 Å². The quantitative estimate of drug-likeness (QED) is 0.480. The molecule has 1 unspecified atom stereocenters. The van der Waals surface area contributed by atoms with Gasteiger partial charge in [0.25, 0.3) is 0 Å². The summed E-state index contributed by atoms with van der Waals surface area (Å²) in [5.41, 5.74) is -1.17. The molecule has 3 rings (SSSR count). The van der Waals surface area contributed by atoms with Crippen LogP contribution in [0, 0.1) is 11.8 Å². The molecule has 0 aliphatic rings. The summed E-state index contributed by atoms with van der Waals surface area (Å²) in [4.78, 5) is 14.0. The maximum absolute atomic E-state index is 15.1. The van der Waals surface area contributed by atoms with Crippen LogP contribution in [0.25, 0.3) is 11.3 Å². The van der Waals surface area contributed by atoms with Gasteiger partial charge in [0.05, 0.1) is 5.56 Å². The number of aromatic nitrogens is 2. The van der Waals surface area contributed by atoms with E-state index in [9.17, 15) is 22.7 Å². The number of hydrogen-bond acceptors (Lipinski definition) is 6. The second kappa shape index (κ2) is 8.24. The Bertz CT molecular complexity index is 1190. The third kappa shape index (κ3) is 4.04. The highest BCUT2D eigenvalue weighted by atomic mass is 32.2. The molecule has 3 aromatic heterocycles. The molecule has 0 aromatic carbocycles. The molecule has 0 bridgehead atoms. The topological polar surface area (TPSA) is 135 Å². The SMILES string of the molecule is CC(O)c1ccc(S(=O)(=O)n2cc(CCNC(=O)O)c(F)c2-c2cccnc2F)o1. The van der Waals surface area contributed by atoms with Crippen LogP contribution in [0.2, 0.25) is 0 Å². The van der Waals surface area contributed by atoms with Crippen LogP contribution in [0.5, 0.6) is 0 Å². The van der Waals surface area contributed by atoms with Crippen LogP contribution in [0.1, 0.15) is 24.4 Å². The molecule has 0 aliphatic carbocycles. The Hall–Kier alpha value is -3.25. The van der Waals surface area contributed by atoms with Gasteiger partial charge in [-0.05, 0) is 37.6 Å². The molecular weight excluding hydrogens is 424 g/mol. The lowest BCUT2D eigenvalue weighted by molar-refractivity contribution is 0.162. The summed E-state index contributed by atoms with van der Waals surface area (Å²) in [6.07, 6.45) is -0.546. The van der Waals surface area contributed by atoms with Crippen molar-refractivity contribution in [1.29, 1.82) is 0 Å². The highest BCUT2D eigenvalue weighted by molar-refractivity contribution is 7.89.